The first-order valence-corrected chi connectivity index (χ1v) is 19.2. The van der Waals surface area contributed by atoms with Crippen LogP contribution >= 0.6 is 23.2 Å². The molecule has 6 rings (SSSR count). The van der Waals surface area contributed by atoms with E-state index in [4.69, 9.17) is 37.7 Å². The first-order valence-electron chi connectivity index (χ1n) is 17.1. The molecule has 2 amide bonds. The molecular formula is C37H42Cl2N4O7S. The quantitative estimate of drug-likeness (QED) is 0.346. The van der Waals surface area contributed by atoms with Crippen molar-refractivity contribution < 1.29 is 32.9 Å². The van der Waals surface area contributed by atoms with E-state index in [9.17, 15) is 23.4 Å². The first kappa shape index (κ1) is 37.2. The van der Waals surface area contributed by atoms with Crippen LogP contribution in [0.3, 0.4) is 0 Å². The Morgan fingerprint density at radius 3 is 2.06 bits per heavy atom. The number of fused-ring (bicyclic) bond motifs is 1. The zero-order valence-corrected chi connectivity index (χ0v) is 31.2. The minimum Gasteiger partial charge on any atom is -0.468 e. The lowest BCUT2D eigenvalue weighted by Crippen LogP contribution is -2.52. The van der Waals surface area contributed by atoms with Crippen molar-refractivity contribution >= 4 is 63.5 Å². The first-order chi connectivity index (χ1) is 24.5. The molecule has 0 aromatic heterocycles. The fourth-order valence-corrected chi connectivity index (χ4v) is 9.91. The van der Waals surface area contributed by atoms with Crippen LogP contribution in [0.2, 0.25) is 10.0 Å². The third-order valence-electron chi connectivity index (χ3n) is 10.7. The number of benzene rings is 2. The number of carbonyl (C=O) groups excluding carboxylic acids is 4. The maximum Gasteiger partial charge on any atom is 0.336 e. The Balaban J connectivity index is 1.28. The zero-order chi connectivity index (χ0) is 36.4. The van der Waals surface area contributed by atoms with E-state index in [0.29, 0.717) is 49.0 Å². The Kier molecular flexibility index (Phi) is 11.6. The van der Waals surface area contributed by atoms with Gasteiger partial charge in [0.1, 0.15) is 5.92 Å². The zero-order valence-electron chi connectivity index (χ0n) is 28.9. The van der Waals surface area contributed by atoms with Crippen molar-refractivity contribution in [1.29, 1.82) is 0 Å². The fraction of sp³-hybridized carbons (Fsp3) is 0.486. The van der Waals surface area contributed by atoms with E-state index in [1.165, 1.54) is 14.2 Å². The second-order valence-electron chi connectivity index (χ2n) is 13.5. The number of nitrogens with zero attached hydrogens (tertiary/aromatic N) is 4. The molecule has 272 valence electrons. The van der Waals surface area contributed by atoms with Gasteiger partial charge in [0.15, 0.2) is 0 Å². The lowest BCUT2D eigenvalue weighted by molar-refractivity contribution is -0.143. The highest BCUT2D eigenvalue weighted by molar-refractivity contribution is 7.85. The number of hydrogen-bond acceptors (Lipinski definition) is 9. The number of likely N-dealkylation sites (tertiary alicyclic amines) is 1. The molecule has 3 fully saturated rings. The van der Waals surface area contributed by atoms with E-state index in [0.717, 1.165) is 25.9 Å². The van der Waals surface area contributed by atoms with Crippen LogP contribution in [-0.4, -0.2) is 114 Å². The Bertz CT molecular complexity index is 1740. The molecule has 5 atom stereocenters. The molecule has 51 heavy (non-hydrogen) atoms. The van der Waals surface area contributed by atoms with Crippen LogP contribution in [0.1, 0.15) is 37.7 Å². The number of hydrogen-bond donors (Lipinski definition) is 0. The summed E-state index contributed by atoms with van der Waals surface area (Å²) in [6.07, 6.45) is 1.87. The van der Waals surface area contributed by atoms with E-state index in [2.05, 4.69) is 4.90 Å². The molecule has 2 saturated heterocycles. The van der Waals surface area contributed by atoms with Crippen LogP contribution in [0.4, 0.5) is 0 Å². The van der Waals surface area contributed by atoms with Gasteiger partial charge in [-0.1, -0.05) is 47.5 Å². The van der Waals surface area contributed by atoms with Crippen molar-refractivity contribution in [2.45, 2.75) is 43.0 Å². The van der Waals surface area contributed by atoms with Gasteiger partial charge in [-0.25, -0.2) is 4.79 Å². The molecule has 4 unspecified atom stereocenters. The third-order valence-corrected chi connectivity index (χ3v) is 12.7. The number of aliphatic imine (C=N–C) groups is 1. The van der Waals surface area contributed by atoms with Crippen LogP contribution in [0.25, 0.3) is 0 Å². The SMILES string of the molecule is COC(=O)C1=C(CS(=O)c2ccccc2)N=C(CC(=O)N2CCN(C3CC4CN(C(C)=O)CC4C3)CC2)C(C(=O)OC)[C@@H]1c1c(Cl)cccc1Cl. The molecule has 0 radical (unpaired) electrons. The summed E-state index contributed by atoms with van der Waals surface area (Å²) < 4.78 is 24.1. The lowest BCUT2D eigenvalue weighted by Gasteiger charge is -2.39. The summed E-state index contributed by atoms with van der Waals surface area (Å²) in [5, 5.41) is 0.389. The number of amides is 2. The lowest BCUT2D eigenvalue weighted by atomic mass is 9.74. The number of rotatable bonds is 9. The highest BCUT2D eigenvalue weighted by atomic mass is 35.5. The van der Waals surface area contributed by atoms with E-state index < -0.39 is 34.6 Å². The second-order valence-corrected chi connectivity index (χ2v) is 15.8. The minimum atomic E-state index is -1.64. The molecular weight excluding hydrogens is 715 g/mol. The number of halogens is 2. The molecule has 4 aliphatic rings. The summed E-state index contributed by atoms with van der Waals surface area (Å²) >= 11 is 13.4. The van der Waals surface area contributed by atoms with Crippen LogP contribution in [-0.2, 0) is 39.5 Å². The molecule has 1 saturated carbocycles. The summed E-state index contributed by atoms with van der Waals surface area (Å²) in [5.74, 6) is -3.13. The predicted molar refractivity (Wildman–Crippen MR) is 194 cm³/mol. The Morgan fingerprint density at radius 2 is 1.49 bits per heavy atom. The smallest absolute Gasteiger partial charge is 0.336 e. The number of carbonyl (C=O) groups is 4. The van der Waals surface area contributed by atoms with Gasteiger partial charge in [0.25, 0.3) is 0 Å². The van der Waals surface area contributed by atoms with Crippen LogP contribution in [0, 0.1) is 17.8 Å². The van der Waals surface area contributed by atoms with Gasteiger partial charge in [-0.3, -0.25) is 28.5 Å². The van der Waals surface area contributed by atoms with Gasteiger partial charge in [0, 0.05) is 78.8 Å². The third kappa shape index (κ3) is 7.79. The Hall–Kier alpha value is -3.58. The standard InChI is InChI=1S/C37H42Cl2N4O7S/c1-22(44)43-19-23-16-25(17-24(23)20-43)41-12-14-42(15-13-41)31(45)18-29-33(36(46)49-2)35(32-27(38)10-7-11-28(32)39)34(37(47)50-3)30(40-29)21-51(48)26-8-5-4-6-9-26/h4-11,23-25,33,35H,12-21H2,1-3H3/t23?,24?,25?,33?,35-,51?/m0/s1. The van der Waals surface area contributed by atoms with E-state index in [1.807, 2.05) is 4.90 Å². The van der Waals surface area contributed by atoms with Crippen molar-refractivity contribution in [3.05, 3.63) is 75.4 Å². The van der Waals surface area contributed by atoms with E-state index in [1.54, 1.807) is 60.4 Å². The van der Waals surface area contributed by atoms with Crippen molar-refractivity contribution in [1.82, 2.24) is 14.7 Å². The number of piperazine rings is 1. The predicted octanol–water partition coefficient (Wildman–Crippen LogP) is 4.35. The minimum absolute atomic E-state index is 0.0234. The Labute approximate surface area is 310 Å². The summed E-state index contributed by atoms with van der Waals surface area (Å²) in [6.45, 7) is 5.73. The van der Waals surface area contributed by atoms with E-state index in [-0.39, 0.29) is 56.6 Å². The van der Waals surface area contributed by atoms with Crippen LogP contribution in [0.5, 0.6) is 0 Å². The number of ether oxygens (including phenoxy) is 2. The van der Waals surface area contributed by atoms with Gasteiger partial charge >= 0.3 is 11.9 Å². The molecule has 2 aromatic rings. The van der Waals surface area contributed by atoms with Crippen LogP contribution < -0.4 is 0 Å². The monoisotopic (exact) mass is 756 g/mol. The number of esters is 2. The largest absolute Gasteiger partial charge is 0.468 e. The fourth-order valence-electron chi connectivity index (χ4n) is 8.18. The van der Waals surface area contributed by atoms with Crippen molar-refractivity contribution in [2.75, 3.05) is 59.2 Å². The highest BCUT2D eigenvalue weighted by Gasteiger charge is 2.47. The molecule has 11 nitrogen and oxygen atoms in total. The summed E-state index contributed by atoms with van der Waals surface area (Å²) in [5.41, 5.74) is 0.542. The Morgan fingerprint density at radius 1 is 0.863 bits per heavy atom. The molecule has 0 bridgehead atoms. The molecule has 2 aromatic carbocycles. The van der Waals surface area contributed by atoms with Crippen molar-refractivity contribution in [3.63, 3.8) is 0 Å². The maximum atomic E-state index is 14.0. The van der Waals surface area contributed by atoms with Crippen molar-refractivity contribution in [2.24, 2.45) is 22.7 Å². The topological polar surface area (TPSA) is 126 Å². The molecule has 1 aliphatic carbocycles. The highest BCUT2D eigenvalue weighted by Crippen LogP contribution is 2.46. The van der Waals surface area contributed by atoms with Gasteiger partial charge in [-0.2, -0.15) is 0 Å². The summed E-state index contributed by atoms with van der Waals surface area (Å²) in [4.78, 5) is 64.7. The van der Waals surface area contributed by atoms with Gasteiger partial charge in [-0.15, -0.1) is 0 Å². The average molecular weight is 758 g/mol. The van der Waals surface area contributed by atoms with Crippen LogP contribution in [0.15, 0.2) is 69.7 Å². The molecule has 0 spiro atoms. The maximum absolute atomic E-state index is 14.0. The van der Waals surface area contributed by atoms with Gasteiger partial charge < -0.3 is 19.3 Å². The number of methoxy groups -OCH3 is 2. The summed E-state index contributed by atoms with van der Waals surface area (Å²) in [6, 6.07) is 14.0. The molecule has 0 N–H and O–H groups in total. The molecule has 14 heteroatoms. The van der Waals surface area contributed by atoms with Gasteiger partial charge in [0.2, 0.25) is 11.8 Å². The second kappa shape index (κ2) is 16.0. The normalized spacial score (nSPS) is 25.7. The molecule has 3 heterocycles. The average Bonchev–Trinajstić information content (AvgIpc) is 3.72. The summed E-state index contributed by atoms with van der Waals surface area (Å²) in [7, 11) is 0.789. The van der Waals surface area contributed by atoms with E-state index >= 15 is 0 Å². The van der Waals surface area contributed by atoms with Gasteiger partial charge in [0.05, 0.1) is 48.5 Å². The van der Waals surface area contributed by atoms with Gasteiger partial charge in [-0.05, 0) is 54.5 Å². The molecule has 3 aliphatic heterocycles. The van der Waals surface area contributed by atoms with Crippen molar-refractivity contribution in [3.8, 4) is 0 Å².